The summed E-state index contributed by atoms with van der Waals surface area (Å²) in [6, 6.07) is 33.7. The topological polar surface area (TPSA) is 100 Å². The van der Waals surface area contributed by atoms with Crippen molar-refractivity contribution in [1.82, 2.24) is 15.1 Å². The molecule has 1 heterocycles. The van der Waals surface area contributed by atoms with E-state index in [9.17, 15) is 14.9 Å². The number of benzene rings is 4. The van der Waals surface area contributed by atoms with Gasteiger partial charge in [0, 0.05) is 19.7 Å². The number of guanidine groups is 1. The van der Waals surface area contributed by atoms with E-state index in [1.54, 1.807) is 38.4 Å². The van der Waals surface area contributed by atoms with Gasteiger partial charge in [-0.05, 0) is 52.1 Å². The summed E-state index contributed by atoms with van der Waals surface area (Å²) in [4.78, 5) is 29.6. The molecular weight excluding hydrogens is 486 g/mol. The van der Waals surface area contributed by atoms with Gasteiger partial charge in [0.05, 0.1) is 18.2 Å². The fourth-order valence-corrected chi connectivity index (χ4v) is 4.92. The van der Waals surface area contributed by atoms with Crippen LogP contribution in [0.1, 0.15) is 32.6 Å². The molecule has 1 atom stereocenters. The largest absolute Gasteiger partial charge is 0.345 e. The van der Waals surface area contributed by atoms with Gasteiger partial charge in [-0.15, -0.1) is 0 Å². The summed E-state index contributed by atoms with van der Waals surface area (Å²) in [5, 5.41) is 21.2. The van der Waals surface area contributed by atoms with Crippen molar-refractivity contribution in [2.45, 2.75) is 12.1 Å². The third-order valence-electron chi connectivity index (χ3n) is 6.91. The lowest BCUT2D eigenvalue weighted by Crippen LogP contribution is -2.45. The molecule has 1 aliphatic rings. The van der Waals surface area contributed by atoms with Crippen molar-refractivity contribution in [3.63, 3.8) is 0 Å². The molecule has 4 aromatic carbocycles. The Balaban J connectivity index is 1.52. The van der Waals surface area contributed by atoms with E-state index in [-0.39, 0.29) is 24.3 Å². The van der Waals surface area contributed by atoms with Gasteiger partial charge in [-0.2, -0.15) is 5.26 Å². The minimum absolute atomic E-state index is 0.0148. The van der Waals surface area contributed by atoms with Crippen LogP contribution < -0.4 is 5.32 Å². The smallest absolute Gasteiger partial charge is 0.264 e. The Kier molecular flexibility index (Phi) is 6.70. The quantitative estimate of drug-likeness (QED) is 0.389. The number of hydrogen-bond donors (Lipinski definition) is 2. The second-order valence-corrected chi connectivity index (χ2v) is 9.65. The highest BCUT2D eigenvalue weighted by atomic mass is 16.2. The minimum Gasteiger partial charge on any atom is -0.345 e. The maximum Gasteiger partial charge on any atom is 0.264 e. The molecule has 0 spiro atoms. The first-order valence-corrected chi connectivity index (χ1v) is 12.5. The standard InChI is InChI=1S/C32H27N5O2/c1-36(2)29(38)26-11-7-9-23(19-26)21-37-30(39)32(35-31(37)34,27-12-4-3-5-13-27)28-16-14-24(15-17-28)25-10-6-8-22(18-25)20-33/h3-19H,21H2,1-2H3,(H2,34,35). The third kappa shape index (κ3) is 4.64. The van der Waals surface area contributed by atoms with Crippen LogP contribution in [-0.4, -0.2) is 41.7 Å². The number of amides is 2. The van der Waals surface area contributed by atoms with E-state index in [0.29, 0.717) is 16.7 Å². The van der Waals surface area contributed by atoms with Crippen LogP contribution in [-0.2, 0) is 16.9 Å². The van der Waals surface area contributed by atoms with Crippen molar-refractivity contribution in [2.24, 2.45) is 0 Å². The fourth-order valence-electron chi connectivity index (χ4n) is 4.92. The second kappa shape index (κ2) is 10.3. The normalized spacial score (nSPS) is 16.5. The molecule has 39 heavy (non-hydrogen) atoms. The Hall–Kier alpha value is -5.22. The first-order chi connectivity index (χ1) is 18.8. The highest BCUT2D eigenvalue weighted by molar-refractivity contribution is 6.10. The van der Waals surface area contributed by atoms with Crippen LogP contribution in [0.15, 0.2) is 103 Å². The lowest BCUT2D eigenvalue weighted by Gasteiger charge is -2.28. The Morgan fingerprint density at radius 1 is 0.897 bits per heavy atom. The van der Waals surface area contributed by atoms with Crippen LogP contribution in [0, 0.1) is 16.7 Å². The molecule has 192 valence electrons. The van der Waals surface area contributed by atoms with Crippen LogP contribution in [0.5, 0.6) is 0 Å². The number of rotatable bonds is 6. The van der Waals surface area contributed by atoms with Crippen molar-refractivity contribution in [2.75, 3.05) is 14.1 Å². The number of nitriles is 1. The van der Waals surface area contributed by atoms with Crippen molar-refractivity contribution in [3.8, 4) is 17.2 Å². The fraction of sp³-hybridized carbons (Fsp3) is 0.125. The number of hydrogen-bond acceptors (Lipinski definition) is 4. The molecule has 1 unspecified atom stereocenters. The zero-order valence-electron chi connectivity index (χ0n) is 21.7. The van der Waals surface area contributed by atoms with E-state index in [1.807, 2.05) is 78.9 Å². The maximum absolute atomic E-state index is 14.2. The number of nitrogens with one attached hydrogen (secondary N) is 2. The van der Waals surface area contributed by atoms with E-state index in [2.05, 4.69) is 11.4 Å². The predicted octanol–water partition coefficient (Wildman–Crippen LogP) is 4.74. The third-order valence-corrected chi connectivity index (χ3v) is 6.91. The van der Waals surface area contributed by atoms with Gasteiger partial charge in [-0.3, -0.25) is 19.9 Å². The van der Waals surface area contributed by atoms with Crippen LogP contribution in [0.25, 0.3) is 11.1 Å². The summed E-state index contributed by atoms with van der Waals surface area (Å²) in [6.45, 7) is 0.146. The average molecular weight is 514 g/mol. The van der Waals surface area contributed by atoms with Gasteiger partial charge >= 0.3 is 0 Å². The lowest BCUT2D eigenvalue weighted by molar-refractivity contribution is -0.130. The van der Waals surface area contributed by atoms with Crippen LogP contribution in [0.3, 0.4) is 0 Å². The van der Waals surface area contributed by atoms with Crippen LogP contribution >= 0.6 is 0 Å². The maximum atomic E-state index is 14.2. The van der Waals surface area contributed by atoms with Gasteiger partial charge in [0.2, 0.25) is 0 Å². The van der Waals surface area contributed by atoms with Gasteiger partial charge in [-0.25, -0.2) is 0 Å². The summed E-state index contributed by atoms with van der Waals surface area (Å²) in [7, 11) is 3.39. The number of nitrogens with zero attached hydrogens (tertiary/aromatic N) is 3. The van der Waals surface area contributed by atoms with Gasteiger partial charge in [-0.1, -0.05) is 78.9 Å². The van der Waals surface area contributed by atoms with Crippen molar-refractivity contribution < 1.29 is 9.59 Å². The molecule has 0 radical (unpaired) electrons. The average Bonchev–Trinajstić information content (AvgIpc) is 3.23. The van der Waals surface area contributed by atoms with E-state index in [1.165, 1.54) is 9.80 Å². The van der Waals surface area contributed by atoms with Crippen molar-refractivity contribution in [3.05, 3.63) is 131 Å². The van der Waals surface area contributed by atoms with E-state index >= 15 is 0 Å². The highest BCUT2D eigenvalue weighted by Gasteiger charge is 2.52. The SMILES string of the molecule is CN(C)C(=O)c1cccc(CN2C(=N)NC(c3ccccc3)(c3ccc(-c4cccc(C#N)c4)cc3)C2=O)c1. The monoisotopic (exact) mass is 513 g/mol. The van der Waals surface area contributed by atoms with Crippen LogP contribution in [0.2, 0.25) is 0 Å². The summed E-state index contributed by atoms with van der Waals surface area (Å²) in [5.41, 5.74) is 3.79. The Morgan fingerprint density at radius 3 is 2.28 bits per heavy atom. The molecule has 1 aliphatic heterocycles. The van der Waals surface area contributed by atoms with Crippen molar-refractivity contribution >= 4 is 17.8 Å². The molecule has 0 bridgehead atoms. The molecule has 0 aromatic heterocycles. The number of carbonyl (C=O) groups is 2. The minimum atomic E-state index is -1.29. The van der Waals surface area contributed by atoms with Gasteiger partial charge in [0.25, 0.3) is 11.8 Å². The summed E-state index contributed by atoms with van der Waals surface area (Å²) in [5.74, 6) is -0.418. The summed E-state index contributed by atoms with van der Waals surface area (Å²) in [6.07, 6.45) is 0. The predicted molar refractivity (Wildman–Crippen MR) is 150 cm³/mol. The van der Waals surface area contributed by atoms with E-state index in [4.69, 9.17) is 5.41 Å². The highest BCUT2D eigenvalue weighted by Crippen LogP contribution is 2.37. The van der Waals surface area contributed by atoms with Gasteiger partial charge < -0.3 is 10.2 Å². The molecule has 1 fully saturated rings. The zero-order valence-corrected chi connectivity index (χ0v) is 21.7. The Bertz CT molecular complexity index is 1610. The van der Waals surface area contributed by atoms with E-state index in [0.717, 1.165) is 22.3 Å². The summed E-state index contributed by atoms with van der Waals surface area (Å²) < 4.78 is 0. The molecule has 7 nitrogen and oxygen atoms in total. The zero-order chi connectivity index (χ0) is 27.6. The molecule has 0 saturated carbocycles. The molecule has 5 rings (SSSR count). The molecule has 0 aliphatic carbocycles. The molecular formula is C32H27N5O2. The van der Waals surface area contributed by atoms with Gasteiger partial charge in [0.15, 0.2) is 11.5 Å². The molecule has 7 heteroatoms. The first-order valence-electron chi connectivity index (χ1n) is 12.5. The van der Waals surface area contributed by atoms with Gasteiger partial charge in [0.1, 0.15) is 0 Å². The Morgan fingerprint density at radius 2 is 1.59 bits per heavy atom. The first kappa shape index (κ1) is 25.4. The van der Waals surface area contributed by atoms with Crippen molar-refractivity contribution in [1.29, 1.82) is 10.7 Å². The number of carbonyl (C=O) groups excluding carboxylic acids is 2. The van der Waals surface area contributed by atoms with E-state index < -0.39 is 5.54 Å². The van der Waals surface area contributed by atoms with Crippen LogP contribution in [0.4, 0.5) is 0 Å². The molecule has 4 aromatic rings. The lowest BCUT2D eigenvalue weighted by atomic mass is 9.82. The second-order valence-electron chi connectivity index (χ2n) is 9.65. The summed E-state index contributed by atoms with van der Waals surface area (Å²) >= 11 is 0. The molecule has 2 N–H and O–H groups in total. The molecule has 1 saturated heterocycles. The Labute approximate surface area is 227 Å². The molecule has 2 amide bonds.